The Morgan fingerprint density at radius 2 is 1.97 bits per heavy atom. The zero-order valence-electron chi connectivity index (χ0n) is 18.3. The maximum Gasteiger partial charge on any atom is 0.331 e. The lowest BCUT2D eigenvalue weighted by atomic mass is 9.95. The number of aryl methyl sites for hydroxylation is 2. The van der Waals surface area contributed by atoms with Gasteiger partial charge in [0.15, 0.2) is 9.92 Å². The minimum Gasteiger partial charge on any atom is -0.373 e. The van der Waals surface area contributed by atoms with Crippen molar-refractivity contribution >= 4 is 21.6 Å². The monoisotopic (exact) mass is 455 g/mol. The predicted octanol–water partition coefficient (Wildman–Crippen LogP) is 2.74. The number of urea groups is 1. The summed E-state index contributed by atoms with van der Waals surface area (Å²) in [5, 5.41) is 13.4. The molecule has 170 valence electrons. The van der Waals surface area contributed by atoms with Gasteiger partial charge in [0.25, 0.3) is 0 Å². The van der Waals surface area contributed by atoms with Crippen LogP contribution in [-0.2, 0) is 40.3 Å². The van der Waals surface area contributed by atoms with Gasteiger partial charge in [0.1, 0.15) is 0 Å². The van der Waals surface area contributed by atoms with Crippen LogP contribution in [-0.4, -0.2) is 48.0 Å². The summed E-state index contributed by atoms with van der Waals surface area (Å²) in [6, 6.07) is 1.69. The van der Waals surface area contributed by atoms with Crippen molar-refractivity contribution in [2.75, 3.05) is 32.1 Å². The third-order valence-corrected chi connectivity index (χ3v) is 8.54. The number of carbonyl (C=O) groups is 1. The molecule has 1 aromatic rings. The summed E-state index contributed by atoms with van der Waals surface area (Å²) in [6.07, 6.45) is 9.20. The predicted molar refractivity (Wildman–Crippen MR) is 122 cm³/mol. The Morgan fingerprint density at radius 1 is 1.25 bits per heavy atom. The molecular weight excluding hydrogens is 426 g/mol. The van der Waals surface area contributed by atoms with Crippen LogP contribution < -0.4 is 10.0 Å². The number of ether oxygens (including phenoxy) is 1. The molecule has 2 N–H and O–H groups in total. The van der Waals surface area contributed by atoms with Gasteiger partial charge < -0.3 is 15.0 Å². The molecule has 0 radical (unpaired) electrons. The molecule has 4 aliphatic rings. The first-order valence-corrected chi connectivity index (χ1v) is 12.9. The van der Waals surface area contributed by atoms with E-state index in [1.807, 2.05) is 0 Å². The lowest BCUT2D eigenvalue weighted by Crippen LogP contribution is -2.34. The number of likely N-dealkylation sites (tertiary alicyclic amines) is 1. The van der Waals surface area contributed by atoms with Crippen molar-refractivity contribution < 1.29 is 13.7 Å². The van der Waals surface area contributed by atoms with Crippen LogP contribution in [0.25, 0.3) is 0 Å². The third-order valence-electron chi connectivity index (χ3n) is 7.18. The molecule has 32 heavy (non-hydrogen) atoms. The maximum atomic E-state index is 13.3. The van der Waals surface area contributed by atoms with Gasteiger partial charge in [-0.1, -0.05) is 10.4 Å². The molecule has 2 heterocycles. The summed E-state index contributed by atoms with van der Waals surface area (Å²) in [4.78, 5) is 15.1. The van der Waals surface area contributed by atoms with Gasteiger partial charge in [-0.3, -0.25) is 0 Å². The number of nitrogens with one attached hydrogen (secondary N) is 2. The van der Waals surface area contributed by atoms with E-state index in [4.69, 9.17) is 10.00 Å². The number of anilines is 1. The van der Waals surface area contributed by atoms with Gasteiger partial charge in [-0.2, -0.15) is 5.26 Å². The zero-order chi connectivity index (χ0) is 22.3. The summed E-state index contributed by atoms with van der Waals surface area (Å²) >= 11 is 0. The normalized spacial score (nSPS) is 28.1. The van der Waals surface area contributed by atoms with Crippen LogP contribution in [0.5, 0.6) is 0 Å². The van der Waals surface area contributed by atoms with E-state index < -0.39 is 15.9 Å². The Kier molecular flexibility index (Phi) is 5.70. The van der Waals surface area contributed by atoms with E-state index >= 15 is 0 Å². The highest BCUT2D eigenvalue weighted by Gasteiger charge is 2.41. The second-order valence-electron chi connectivity index (χ2n) is 9.32. The summed E-state index contributed by atoms with van der Waals surface area (Å²) in [7, 11) is -1.31. The van der Waals surface area contributed by atoms with Crippen molar-refractivity contribution in [3.8, 4) is 6.19 Å². The van der Waals surface area contributed by atoms with E-state index in [1.54, 1.807) is 12.3 Å². The number of rotatable bonds is 4. The first-order chi connectivity index (χ1) is 15.5. The number of hydrogen-bond acceptors (Lipinski definition) is 6. The number of benzene rings is 1. The van der Waals surface area contributed by atoms with Crippen molar-refractivity contribution in [1.29, 1.82) is 5.26 Å². The first-order valence-electron chi connectivity index (χ1n) is 11.3. The summed E-state index contributed by atoms with van der Waals surface area (Å²) < 4.78 is 25.1. The fraction of sp³-hybridized carbons (Fsp3) is 0.565. The van der Waals surface area contributed by atoms with Gasteiger partial charge in [0.05, 0.1) is 12.7 Å². The Morgan fingerprint density at radius 3 is 2.66 bits per heavy atom. The van der Waals surface area contributed by atoms with Gasteiger partial charge in [-0.05, 0) is 73.9 Å². The van der Waals surface area contributed by atoms with E-state index in [0.717, 1.165) is 57.3 Å². The minimum atomic E-state index is -3.39. The van der Waals surface area contributed by atoms with E-state index in [1.165, 1.54) is 27.7 Å². The number of fused-ring (bicyclic) bond motifs is 3. The summed E-state index contributed by atoms with van der Waals surface area (Å²) in [6.45, 7) is 2.56. The third kappa shape index (κ3) is 4.03. The van der Waals surface area contributed by atoms with E-state index in [-0.39, 0.29) is 6.10 Å². The molecule has 4 atom stereocenters. The number of nitriles is 1. The fourth-order valence-electron chi connectivity index (χ4n) is 5.80. The lowest BCUT2D eigenvalue weighted by Gasteiger charge is -2.17. The molecule has 2 aliphatic heterocycles. The van der Waals surface area contributed by atoms with Crippen LogP contribution >= 0.6 is 0 Å². The number of nitrogens with zero attached hydrogens (tertiary/aromatic N) is 3. The topological polar surface area (TPSA) is 107 Å². The van der Waals surface area contributed by atoms with Crippen molar-refractivity contribution in [2.24, 2.45) is 16.2 Å². The molecule has 0 spiro atoms. The molecule has 0 saturated carbocycles. The highest BCUT2D eigenvalue weighted by molar-refractivity contribution is 7.95. The second kappa shape index (κ2) is 8.50. The second-order valence-corrected chi connectivity index (χ2v) is 11.1. The quantitative estimate of drug-likeness (QED) is 0.679. The van der Waals surface area contributed by atoms with Gasteiger partial charge in [-0.25, -0.2) is 13.7 Å². The molecule has 8 nitrogen and oxygen atoms in total. The molecule has 0 bridgehead atoms. The minimum absolute atomic E-state index is 0.190. The summed E-state index contributed by atoms with van der Waals surface area (Å²) in [5.41, 5.74) is 5.85. The lowest BCUT2D eigenvalue weighted by molar-refractivity contribution is 0.111. The number of hydrogen-bond donors (Lipinski definition) is 2. The Hall–Kier alpha value is -2.41. The van der Waals surface area contributed by atoms with Gasteiger partial charge >= 0.3 is 6.03 Å². The first kappa shape index (κ1) is 21.4. The van der Waals surface area contributed by atoms with Crippen LogP contribution in [0.15, 0.2) is 21.9 Å². The van der Waals surface area contributed by atoms with E-state index in [0.29, 0.717) is 18.4 Å². The smallest absolute Gasteiger partial charge is 0.331 e. The highest BCUT2D eigenvalue weighted by Crippen LogP contribution is 2.38. The van der Waals surface area contributed by atoms with Crippen LogP contribution in [0.2, 0.25) is 0 Å². The van der Waals surface area contributed by atoms with Gasteiger partial charge in [0.2, 0.25) is 6.19 Å². The van der Waals surface area contributed by atoms with Crippen molar-refractivity contribution in [1.82, 2.24) is 9.62 Å². The molecule has 4 unspecified atom stereocenters. The van der Waals surface area contributed by atoms with Crippen molar-refractivity contribution in [2.45, 2.75) is 44.6 Å². The van der Waals surface area contributed by atoms with E-state index in [2.05, 4.69) is 32.4 Å². The maximum absolute atomic E-state index is 13.3. The number of carbonyl (C=O) groups excluding carboxylic acids is 1. The van der Waals surface area contributed by atoms with Crippen LogP contribution in [0.4, 0.5) is 10.5 Å². The standard InChI is InChI=1S/C23H29N5O3S/c1-28-11-17-13-31-21(20(17)12-28)8-9-32(30,25-14-24)27-23(29)26-22-18-6-2-4-15(18)10-16-5-3-7-19(16)22/h8-10,17,20-21H,2-7,11-13H2,1H3,(H2,25,26,27,29,30)/b9-8+. The summed E-state index contributed by atoms with van der Waals surface area (Å²) in [5.74, 6) is 0.780. The molecule has 0 aromatic heterocycles. The van der Waals surface area contributed by atoms with E-state index in [9.17, 15) is 9.00 Å². The van der Waals surface area contributed by atoms with Crippen LogP contribution in [0, 0.1) is 23.3 Å². The molecule has 2 saturated heterocycles. The van der Waals surface area contributed by atoms with Gasteiger partial charge in [-0.15, -0.1) is 0 Å². The highest BCUT2D eigenvalue weighted by atomic mass is 32.2. The van der Waals surface area contributed by atoms with Crippen LogP contribution in [0.1, 0.15) is 35.1 Å². The Balaban J connectivity index is 1.33. The molecule has 1 aromatic carbocycles. The number of amides is 2. The Bertz CT molecular complexity index is 1100. The van der Waals surface area contributed by atoms with Crippen LogP contribution in [0.3, 0.4) is 0 Å². The Labute approximate surface area is 189 Å². The van der Waals surface area contributed by atoms with Crippen molar-refractivity contribution in [3.05, 3.63) is 39.8 Å². The average Bonchev–Trinajstić information content (AvgIpc) is 3.50. The molecule has 9 heteroatoms. The average molecular weight is 456 g/mol. The van der Waals surface area contributed by atoms with Crippen molar-refractivity contribution in [3.63, 3.8) is 0 Å². The van der Waals surface area contributed by atoms with Gasteiger partial charge in [0, 0.05) is 36.0 Å². The molecule has 5 rings (SSSR count). The molecular formula is C23H29N5O3S. The largest absolute Gasteiger partial charge is 0.373 e. The fourth-order valence-corrected chi connectivity index (χ4v) is 6.78. The molecule has 2 fully saturated rings. The molecule has 2 aliphatic carbocycles. The SMILES string of the molecule is CN1CC2COC(/C=C/S(=O)(=NC#N)NC(=O)Nc3c4c(cc5c3CCC5)CCC4)C2C1. The molecule has 2 amide bonds. The zero-order valence-corrected chi connectivity index (χ0v) is 19.1.